The minimum atomic E-state index is -0.699. The molecule has 3 aromatic rings. The molecule has 0 saturated carbocycles. The van der Waals surface area contributed by atoms with E-state index < -0.39 is 24.1 Å². The Morgan fingerprint density at radius 2 is 1.70 bits per heavy atom. The molecular weight excluding hydrogens is 467 g/mol. The lowest BCUT2D eigenvalue weighted by atomic mass is 9.98. The van der Waals surface area contributed by atoms with Gasteiger partial charge in [0.15, 0.2) is 0 Å². The highest BCUT2D eigenvalue weighted by atomic mass is 35.5. The molecule has 1 aromatic heterocycles. The van der Waals surface area contributed by atoms with E-state index in [-0.39, 0.29) is 5.56 Å². The number of aryl methyl sites for hydroxylation is 2. The van der Waals surface area contributed by atoms with Crippen molar-refractivity contribution in [2.75, 3.05) is 12.1 Å². The fraction of sp³-hybridized carbons (Fsp3) is 0.292. The summed E-state index contributed by atoms with van der Waals surface area (Å²) in [6.45, 7) is 8.28. The van der Waals surface area contributed by atoms with E-state index in [0.29, 0.717) is 27.2 Å². The van der Waals surface area contributed by atoms with Gasteiger partial charge in [0.25, 0.3) is 0 Å². The van der Waals surface area contributed by atoms with Gasteiger partial charge in [0, 0.05) is 5.56 Å². The molecule has 0 spiro atoms. The van der Waals surface area contributed by atoms with Crippen LogP contribution in [0.4, 0.5) is 11.4 Å². The van der Waals surface area contributed by atoms with Gasteiger partial charge in [-0.1, -0.05) is 40.5 Å². The van der Waals surface area contributed by atoms with Crippen molar-refractivity contribution in [3.05, 3.63) is 63.5 Å². The molecule has 3 rings (SSSR count). The first-order chi connectivity index (χ1) is 15.5. The molecule has 0 saturated heterocycles. The highest BCUT2D eigenvalue weighted by molar-refractivity contribution is 6.39. The Morgan fingerprint density at radius 1 is 1.06 bits per heavy atom. The topological polar surface area (TPSA) is 90.7 Å². The zero-order chi connectivity index (χ0) is 24.3. The maximum atomic E-state index is 12.6. The quantitative estimate of drug-likeness (QED) is 0.303. The number of esters is 2. The first-order valence-corrected chi connectivity index (χ1v) is 10.9. The van der Waals surface area contributed by atoms with E-state index in [4.69, 9.17) is 37.2 Å². The van der Waals surface area contributed by atoms with Gasteiger partial charge in [-0.05, 0) is 64.4 Å². The van der Waals surface area contributed by atoms with Crippen LogP contribution in [0.25, 0.3) is 11.1 Å². The number of para-hydroxylation sites is 1. The van der Waals surface area contributed by atoms with E-state index >= 15 is 0 Å². The second-order valence-electron chi connectivity index (χ2n) is 8.42. The first kappa shape index (κ1) is 24.6. The van der Waals surface area contributed by atoms with Gasteiger partial charge in [0.05, 0.1) is 38.1 Å². The number of carbonyl (C=O) groups is 2. The largest absolute Gasteiger partial charge is 0.427 e. The maximum Gasteiger partial charge on any atom is 0.343 e. The first-order valence-electron chi connectivity index (χ1n) is 10.1. The summed E-state index contributed by atoms with van der Waals surface area (Å²) in [4.78, 5) is 24.5. The number of ether oxygens (including phenoxy) is 2. The summed E-state index contributed by atoms with van der Waals surface area (Å²) in [5.41, 5.74) is 2.69. The van der Waals surface area contributed by atoms with Gasteiger partial charge < -0.3 is 19.3 Å². The lowest BCUT2D eigenvalue weighted by molar-refractivity contribution is -0.161. The van der Waals surface area contributed by atoms with E-state index in [1.165, 1.54) is 0 Å². The van der Waals surface area contributed by atoms with Crippen molar-refractivity contribution >= 4 is 46.5 Å². The third-order valence-corrected chi connectivity index (χ3v) is 5.36. The molecule has 0 aliphatic carbocycles. The number of nitrogens with zero attached hydrogens (tertiary/aromatic N) is 1. The van der Waals surface area contributed by atoms with Gasteiger partial charge in [-0.25, -0.2) is 4.79 Å². The Bertz CT molecular complexity index is 1160. The van der Waals surface area contributed by atoms with Gasteiger partial charge in [-0.15, -0.1) is 0 Å². The van der Waals surface area contributed by atoms with Gasteiger partial charge >= 0.3 is 11.9 Å². The van der Waals surface area contributed by atoms with Crippen LogP contribution in [0.15, 0.2) is 40.9 Å². The molecule has 0 radical (unpaired) electrons. The predicted octanol–water partition coefficient (Wildman–Crippen LogP) is 6.71. The molecule has 0 unspecified atom stereocenters. The molecule has 0 aliphatic heterocycles. The number of nitrogens with one attached hydrogen (secondary N) is 1. The average molecular weight is 491 g/mol. The second kappa shape index (κ2) is 9.85. The molecule has 1 heterocycles. The van der Waals surface area contributed by atoms with Crippen molar-refractivity contribution in [1.82, 2.24) is 5.16 Å². The fourth-order valence-corrected chi connectivity index (χ4v) is 3.65. The molecule has 0 fully saturated rings. The predicted molar refractivity (Wildman–Crippen MR) is 127 cm³/mol. The Kier molecular flexibility index (Phi) is 7.34. The third kappa shape index (κ3) is 5.67. The molecule has 0 aliphatic rings. The molecule has 0 atom stereocenters. The van der Waals surface area contributed by atoms with Gasteiger partial charge in [0.2, 0.25) is 6.79 Å². The summed E-state index contributed by atoms with van der Waals surface area (Å²) in [5.74, 6) is -0.487. The summed E-state index contributed by atoms with van der Waals surface area (Å²) < 4.78 is 15.4. The van der Waals surface area contributed by atoms with E-state index in [1.807, 2.05) is 13.8 Å². The van der Waals surface area contributed by atoms with E-state index in [9.17, 15) is 9.59 Å². The van der Waals surface area contributed by atoms with E-state index in [1.54, 1.807) is 57.2 Å². The molecule has 174 valence electrons. The minimum absolute atomic E-state index is 0.228. The van der Waals surface area contributed by atoms with Crippen LogP contribution in [0, 0.1) is 19.3 Å². The molecule has 1 N–H and O–H groups in total. The number of hydrogen-bond acceptors (Lipinski definition) is 7. The number of anilines is 2. The molecular formula is C24H24Cl2N2O5. The summed E-state index contributed by atoms with van der Waals surface area (Å²) in [7, 11) is 0. The summed E-state index contributed by atoms with van der Waals surface area (Å²) in [6, 6.07) is 10.2. The third-order valence-electron chi connectivity index (χ3n) is 4.76. The van der Waals surface area contributed by atoms with Crippen LogP contribution in [0.5, 0.6) is 0 Å². The van der Waals surface area contributed by atoms with Crippen molar-refractivity contribution in [2.24, 2.45) is 5.41 Å². The molecule has 9 heteroatoms. The van der Waals surface area contributed by atoms with Crippen molar-refractivity contribution in [1.29, 1.82) is 0 Å². The lowest BCUT2D eigenvalue weighted by Crippen LogP contribution is -2.24. The van der Waals surface area contributed by atoms with Crippen LogP contribution in [0.1, 0.15) is 42.6 Å². The van der Waals surface area contributed by atoms with Gasteiger partial charge in [-0.2, -0.15) is 0 Å². The number of carbonyl (C=O) groups excluding carboxylic acids is 2. The van der Waals surface area contributed by atoms with Crippen LogP contribution in [-0.4, -0.2) is 23.9 Å². The average Bonchev–Trinajstić information content (AvgIpc) is 3.08. The Hall–Kier alpha value is -3.03. The summed E-state index contributed by atoms with van der Waals surface area (Å²) in [6.07, 6.45) is 0. The molecule has 7 nitrogen and oxygen atoms in total. The number of hydrogen-bond donors (Lipinski definition) is 1. The highest BCUT2D eigenvalue weighted by Crippen LogP contribution is 2.39. The Labute approximate surface area is 202 Å². The fourth-order valence-electron chi connectivity index (χ4n) is 3.07. The van der Waals surface area contributed by atoms with Gasteiger partial charge in [0.1, 0.15) is 5.76 Å². The Morgan fingerprint density at radius 3 is 2.27 bits per heavy atom. The zero-order valence-corrected chi connectivity index (χ0v) is 20.4. The van der Waals surface area contributed by atoms with Crippen LogP contribution in [0.2, 0.25) is 10.0 Å². The standard InChI is InChI=1S/C24H24Cl2N2O5/c1-13-20(14(2)33-28-13)15-10-17(25)21(18(26)11-15)27-19-9-7-6-8-16(19)22(29)31-12-32-23(30)24(3,4)5/h6-11,27H,12H2,1-5H3. The molecule has 2 aromatic carbocycles. The zero-order valence-electron chi connectivity index (χ0n) is 18.9. The van der Waals surface area contributed by atoms with Crippen molar-refractivity contribution < 1.29 is 23.6 Å². The molecule has 0 bridgehead atoms. The van der Waals surface area contributed by atoms with Crippen LogP contribution >= 0.6 is 23.2 Å². The number of aromatic nitrogens is 1. The highest BCUT2D eigenvalue weighted by Gasteiger charge is 2.24. The normalized spacial score (nSPS) is 11.2. The van der Waals surface area contributed by atoms with Gasteiger partial charge in [-0.3, -0.25) is 4.79 Å². The summed E-state index contributed by atoms with van der Waals surface area (Å²) in [5, 5.41) is 7.76. The maximum absolute atomic E-state index is 12.6. The number of benzene rings is 2. The smallest absolute Gasteiger partial charge is 0.343 e. The van der Waals surface area contributed by atoms with Crippen LogP contribution in [0.3, 0.4) is 0 Å². The molecule has 33 heavy (non-hydrogen) atoms. The van der Waals surface area contributed by atoms with E-state index in [0.717, 1.165) is 16.8 Å². The second-order valence-corrected chi connectivity index (χ2v) is 9.23. The minimum Gasteiger partial charge on any atom is -0.427 e. The molecule has 0 amide bonds. The Balaban J connectivity index is 1.81. The number of rotatable bonds is 6. The van der Waals surface area contributed by atoms with Crippen molar-refractivity contribution in [2.45, 2.75) is 34.6 Å². The van der Waals surface area contributed by atoms with Crippen LogP contribution in [-0.2, 0) is 14.3 Å². The van der Waals surface area contributed by atoms with E-state index in [2.05, 4.69) is 10.5 Å². The summed E-state index contributed by atoms with van der Waals surface area (Å²) >= 11 is 13.1. The lowest BCUT2D eigenvalue weighted by Gasteiger charge is -2.17. The SMILES string of the molecule is Cc1noc(C)c1-c1cc(Cl)c(Nc2ccccc2C(=O)OCOC(=O)C(C)(C)C)c(Cl)c1. The van der Waals surface area contributed by atoms with Crippen molar-refractivity contribution in [3.63, 3.8) is 0 Å². The van der Waals surface area contributed by atoms with Crippen LogP contribution < -0.4 is 5.32 Å². The van der Waals surface area contributed by atoms with Crippen molar-refractivity contribution in [3.8, 4) is 11.1 Å². The number of halogens is 2. The monoisotopic (exact) mass is 490 g/mol.